The maximum atomic E-state index is 14.3. The maximum Gasteiger partial charge on any atom is 0.264 e. The van der Waals surface area contributed by atoms with Gasteiger partial charge in [-0.1, -0.05) is 61.3 Å². The van der Waals surface area contributed by atoms with Crippen LogP contribution in [-0.2, 0) is 26.2 Å². The minimum Gasteiger partial charge on any atom is -0.493 e. The van der Waals surface area contributed by atoms with Crippen molar-refractivity contribution in [1.82, 2.24) is 10.2 Å². The van der Waals surface area contributed by atoms with E-state index in [1.807, 2.05) is 27.7 Å². The minimum atomic E-state index is -4.24. The Morgan fingerprint density at radius 1 is 0.930 bits per heavy atom. The van der Waals surface area contributed by atoms with E-state index in [1.54, 1.807) is 48.5 Å². The van der Waals surface area contributed by atoms with Gasteiger partial charge >= 0.3 is 0 Å². The molecule has 11 heteroatoms. The van der Waals surface area contributed by atoms with Crippen molar-refractivity contribution < 1.29 is 27.5 Å². The van der Waals surface area contributed by atoms with E-state index in [1.165, 1.54) is 37.3 Å². The van der Waals surface area contributed by atoms with Crippen molar-refractivity contribution in [2.75, 3.05) is 25.1 Å². The lowest BCUT2D eigenvalue weighted by atomic mass is 10.1. The number of anilines is 1. The Kier molecular flexibility index (Phi) is 11.9. The largest absolute Gasteiger partial charge is 0.493 e. The molecule has 3 aromatic carbocycles. The monoisotopic (exact) mass is 629 g/mol. The first-order chi connectivity index (χ1) is 20.5. The molecule has 0 heterocycles. The van der Waals surface area contributed by atoms with Crippen LogP contribution in [0.25, 0.3) is 0 Å². The molecule has 0 aliphatic rings. The number of aryl methyl sites for hydroxylation is 1. The minimum absolute atomic E-state index is 0.00922. The van der Waals surface area contributed by atoms with Crippen molar-refractivity contribution >= 4 is 39.1 Å². The Morgan fingerprint density at radius 3 is 2.16 bits per heavy atom. The molecule has 2 atom stereocenters. The van der Waals surface area contributed by atoms with Crippen LogP contribution in [0, 0.1) is 6.92 Å². The number of methoxy groups -OCH3 is 2. The van der Waals surface area contributed by atoms with Gasteiger partial charge in [0.1, 0.15) is 12.6 Å². The summed E-state index contributed by atoms with van der Waals surface area (Å²) in [6, 6.07) is 17.1. The normalized spacial score (nSPS) is 12.6. The Morgan fingerprint density at radius 2 is 1.58 bits per heavy atom. The quantitative estimate of drug-likeness (QED) is 0.250. The Bertz CT molecular complexity index is 1510. The molecule has 0 bridgehead atoms. The second-order valence-electron chi connectivity index (χ2n) is 10.2. The van der Waals surface area contributed by atoms with Gasteiger partial charge in [0.05, 0.1) is 24.8 Å². The molecule has 0 aromatic heterocycles. The highest BCUT2D eigenvalue weighted by Crippen LogP contribution is 2.34. The van der Waals surface area contributed by atoms with E-state index in [4.69, 9.17) is 21.1 Å². The number of ether oxygens (including phenoxy) is 2. The zero-order chi connectivity index (χ0) is 31.7. The maximum absolute atomic E-state index is 14.3. The fourth-order valence-electron chi connectivity index (χ4n) is 4.52. The van der Waals surface area contributed by atoms with Gasteiger partial charge in [0, 0.05) is 23.7 Å². The number of hydrogen-bond donors (Lipinski definition) is 1. The van der Waals surface area contributed by atoms with E-state index >= 15 is 0 Å². The van der Waals surface area contributed by atoms with E-state index in [0.717, 1.165) is 9.87 Å². The van der Waals surface area contributed by atoms with Crippen molar-refractivity contribution in [3.05, 3.63) is 82.9 Å². The van der Waals surface area contributed by atoms with Crippen LogP contribution in [0.3, 0.4) is 0 Å². The predicted molar refractivity (Wildman–Crippen MR) is 169 cm³/mol. The van der Waals surface area contributed by atoms with Crippen molar-refractivity contribution in [2.45, 2.75) is 64.1 Å². The average Bonchev–Trinajstić information content (AvgIpc) is 3.00. The number of benzene rings is 3. The number of amides is 2. The molecule has 232 valence electrons. The molecule has 0 radical (unpaired) electrons. The first-order valence-electron chi connectivity index (χ1n) is 14.1. The first kappa shape index (κ1) is 33.7. The third kappa shape index (κ3) is 8.20. The number of halogens is 1. The smallest absolute Gasteiger partial charge is 0.264 e. The number of nitrogens with zero attached hydrogens (tertiary/aromatic N) is 2. The molecule has 0 aliphatic carbocycles. The third-order valence-electron chi connectivity index (χ3n) is 7.23. The van der Waals surface area contributed by atoms with Crippen LogP contribution in [0.4, 0.5) is 5.69 Å². The zero-order valence-electron chi connectivity index (χ0n) is 25.5. The van der Waals surface area contributed by atoms with Crippen LogP contribution in [0.15, 0.2) is 71.6 Å². The van der Waals surface area contributed by atoms with Gasteiger partial charge in [-0.3, -0.25) is 13.9 Å². The number of nitrogens with one attached hydrogen (secondary N) is 1. The molecule has 2 amide bonds. The van der Waals surface area contributed by atoms with Crippen LogP contribution >= 0.6 is 11.6 Å². The second-order valence-corrected chi connectivity index (χ2v) is 12.5. The van der Waals surface area contributed by atoms with Gasteiger partial charge < -0.3 is 19.7 Å². The van der Waals surface area contributed by atoms with E-state index in [2.05, 4.69) is 5.32 Å². The molecule has 0 saturated heterocycles. The molecule has 43 heavy (non-hydrogen) atoms. The highest BCUT2D eigenvalue weighted by molar-refractivity contribution is 7.92. The van der Waals surface area contributed by atoms with Crippen molar-refractivity contribution in [3.63, 3.8) is 0 Å². The summed E-state index contributed by atoms with van der Waals surface area (Å²) in [4.78, 5) is 29.1. The predicted octanol–water partition coefficient (Wildman–Crippen LogP) is 5.58. The van der Waals surface area contributed by atoms with E-state index < -0.39 is 28.5 Å². The fraction of sp³-hybridized carbons (Fsp3) is 0.375. The number of rotatable bonds is 14. The molecule has 0 saturated carbocycles. The molecule has 3 aromatic rings. The summed E-state index contributed by atoms with van der Waals surface area (Å²) in [5.41, 5.74) is 1.71. The van der Waals surface area contributed by atoms with Gasteiger partial charge in [-0.15, -0.1) is 0 Å². The summed E-state index contributed by atoms with van der Waals surface area (Å²) in [6.07, 6.45) is 1.02. The number of carbonyl (C=O) groups is 2. The SMILES string of the molecule is CC[C@H](C(=O)N[C@@H](C)CC)N(Cc1ccccc1Cl)C(=O)CN(c1ccc(OC)c(OC)c1)S(=O)(=O)c1ccc(C)cc1. The standard InChI is InChI=1S/C32H40ClN3O6S/c1-7-23(4)34-32(38)28(8-2)35(20-24-11-9-10-12-27(24)33)31(37)21-36(25-15-18-29(41-5)30(19-25)42-6)43(39,40)26-16-13-22(3)14-17-26/h9-19,23,28H,7-8,20-21H2,1-6H3,(H,34,38)/t23-,28+/m0/s1. The summed E-state index contributed by atoms with van der Waals surface area (Å²) in [6.45, 7) is 6.93. The summed E-state index contributed by atoms with van der Waals surface area (Å²) in [7, 11) is -1.32. The van der Waals surface area contributed by atoms with Gasteiger partial charge in [-0.2, -0.15) is 0 Å². The van der Waals surface area contributed by atoms with Crippen molar-refractivity contribution in [2.24, 2.45) is 0 Å². The summed E-state index contributed by atoms with van der Waals surface area (Å²) >= 11 is 6.47. The van der Waals surface area contributed by atoms with Crippen LogP contribution < -0.4 is 19.1 Å². The van der Waals surface area contributed by atoms with E-state index in [-0.39, 0.29) is 29.1 Å². The zero-order valence-corrected chi connectivity index (χ0v) is 27.0. The van der Waals surface area contributed by atoms with Gasteiger partial charge in [-0.25, -0.2) is 8.42 Å². The molecule has 0 spiro atoms. The fourth-order valence-corrected chi connectivity index (χ4v) is 6.12. The molecule has 9 nitrogen and oxygen atoms in total. The van der Waals surface area contributed by atoms with Gasteiger partial charge in [0.25, 0.3) is 10.0 Å². The van der Waals surface area contributed by atoms with Crippen molar-refractivity contribution in [1.29, 1.82) is 0 Å². The van der Waals surface area contributed by atoms with Crippen molar-refractivity contribution in [3.8, 4) is 11.5 Å². The third-order valence-corrected chi connectivity index (χ3v) is 9.39. The number of carbonyl (C=O) groups excluding carboxylic acids is 2. The lowest BCUT2D eigenvalue weighted by Gasteiger charge is -2.34. The second kappa shape index (κ2) is 15.1. The summed E-state index contributed by atoms with van der Waals surface area (Å²) in [5.74, 6) is -0.199. The molecule has 3 rings (SSSR count). The molecular weight excluding hydrogens is 590 g/mol. The van der Waals surface area contributed by atoms with Crippen LogP contribution in [0.5, 0.6) is 11.5 Å². The molecule has 0 aliphatic heterocycles. The van der Waals surface area contributed by atoms with Gasteiger partial charge in [0.15, 0.2) is 11.5 Å². The Labute approximate surface area is 259 Å². The molecule has 0 fully saturated rings. The lowest BCUT2D eigenvalue weighted by Crippen LogP contribution is -2.53. The number of sulfonamides is 1. The van der Waals surface area contributed by atoms with Crippen LogP contribution in [0.2, 0.25) is 5.02 Å². The van der Waals surface area contributed by atoms with Crippen LogP contribution in [0.1, 0.15) is 44.7 Å². The highest BCUT2D eigenvalue weighted by Gasteiger charge is 2.34. The lowest BCUT2D eigenvalue weighted by molar-refractivity contribution is -0.140. The van der Waals surface area contributed by atoms with E-state index in [9.17, 15) is 18.0 Å². The average molecular weight is 630 g/mol. The molecule has 1 N–H and O–H groups in total. The highest BCUT2D eigenvalue weighted by atomic mass is 35.5. The number of hydrogen-bond acceptors (Lipinski definition) is 6. The molecule has 0 unspecified atom stereocenters. The summed E-state index contributed by atoms with van der Waals surface area (Å²) in [5, 5.41) is 3.39. The van der Waals surface area contributed by atoms with Gasteiger partial charge in [0.2, 0.25) is 11.8 Å². The van der Waals surface area contributed by atoms with Crippen LogP contribution in [-0.4, -0.2) is 58.0 Å². The topological polar surface area (TPSA) is 105 Å². The van der Waals surface area contributed by atoms with E-state index in [0.29, 0.717) is 34.9 Å². The Balaban J connectivity index is 2.13. The molecular formula is C32H40ClN3O6S. The summed E-state index contributed by atoms with van der Waals surface area (Å²) < 4.78 is 40.0. The Hall–Kier alpha value is -3.76. The van der Waals surface area contributed by atoms with Gasteiger partial charge in [-0.05, 0) is 62.6 Å². The first-order valence-corrected chi connectivity index (χ1v) is 15.9.